The zero-order chi connectivity index (χ0) is 17.0. The second kappa shape index (κ2) is 6.96. The number of hydrogen-bond donors (Lipinski definition) is 0. The quantitative estimate of drug-likeness (QED) is 0.762. The SMILES string of the molecule is C=CC(C/C=C(\C)c1cn(C)c(-c2ccccc2)n1)S(C)(=O)=O. The van der Waals surface area contributed by atoms with E-state index in [4.69, 9.17) is 0 Å². The van der Waals surface area contributed by atoms with E-state index in [0.717, 1.165) is 22.7 Å². The second-order valence-corrected chi connectivity index (χ2v) is 7.92. The number of aryl methyl sites for hydroxylation is 1. The standard InChI is InChI=1S/C18H22N2O2S/c1-5-16(23(4,21)22)12-11-14(2)17-13-20(3)18(19-17)15-9-7-6-8-10-15/h5-11,13,16H,1,12H2,2-4H3/b14-11+. The van der Waals surface area contributed by atoms with Gasteiger partial charge in [-0.05, 0) is 18.9 Å². The maximum Gasteiger partial charge on any atom is 0.154 e. The molecule has 5 heteroatoms. The molecule has 1 atom stereocenters. The largest absolute Gasteiger partial charge is 0.333 e. The Balaban J connectivity index is 2.26. The van der Waals surface area contributed by atoms with Crippen LogP contribution >= 0.6 is 0 Å². The molecule has 1 unspecified atom stereocenters. The fourth-order valence-electron chi connectivity index (χ4n) is 2.36. The molecular weight excluding hydrogens is 308 g/mol. The molecule has 0 aliphatic rings. The van der Waals surface area contributed by atoms with Crippen molar-refractivity contribution in [2.75, 3.05) is 6.26 Å². The Morgan fingerprint density at radius 3 is 2.57 bits per heavy atom. The number of sulfone groups is 1. The number of benzene rings is 1. The van der Waals surface area contributed by atoms with E-state index >= 15 is 0 Å². The van der Waals surface area contributed by atoms with Crippen LogP contribution in [0.4, 0.5) is 0 Å². The van der Waals surface area contributed by atoms with Crippen LogP contribution in [0.3, 0.4) is 0 Å². The van der Waals surface area contributed by atoms with Gasteiger partial charge in [0.2, 0.25) is 0 Å². The van der Waals surface area contributed by atoms with Gasteiger partial charge in [-0.1, -0.05) is 42.5 Å². The van der Waals surface area contributed by atoms with Crippen molar-refractivity contribution in [3.05, 3.63) is 61.0 Å². The highest BCUT2D eigenvalue weighted by Gasteiger charge is 2.16. The van der Waals surface area contributed by atoms with Crippen molar-refractivity contribution in [3.8, 4) is 11.4 Å². The Morgan fingerprint density at radius 1 is 1.35 bits per heavy atom. The summed E-state index contributed by atoms with van der Waals surface area (Å²) in [6, 6.07) is 9.96. The highest BCUT2D eigenvalue weighted by atomic mass is 32.2. The Morgan fingerprint density at radius 2 is 2.00 bits per heavy atom. The molecule has 2 rings (SSSR count). The van der Waals surface area contributed by atoms with E-state index in [1.165, 1.54) is 12.3 Å². The number of imidazole rings is 1. The third kappa shape index (κ3) is 4.20. The highest BCUT2D eigenvalue weighted by molar-refractivity contribution is 7.91. The monoisotopic (exact) mass is 330 g/mol. The lowest BCUT2D eigenvalue weighted by atomic mass is 10.1. The van der Waals surface area contributed by atoms with Crippen LogP contribution in [-0.4, -0.2) is 29.5 Å². The molecule has 0 aliphatic carbocycles. The summed E-state index contributed by atoms with van der Waals surface area (Å²) in [5.41, 5.74) is 2.86. The van der Waals surface area contributed by atoms with Gasteiger partial charge in [-0.25, -0.2) is 13.4 Å². The van der Waals surface area contributed by atoms with Crippen molar-refractivity contribution in [1.82, 2.24) is 9.55 Å². The summed E-state index contributed by atoms with van der Waals surface area (Å²) < 4.78 is 25.2. The molecule has 0 amide bonds. The fraction of sp³-hybridized carbons (Fsp3) is 0.278. The number of hydrogen-bond acceptors (Lipinski definition) is 3. The maximum absolute atomic E-state index is 11.6. The summed E-state index contributed by atoms with van der Waals surface area (Å²) in [6.45, 7) is 5.55. The Bertz CT molecular complexity index is 818. The van der Waals surface area contributed by atoms with Gasteiger partial charge in [0, 0.05) is 25.1 Å². The van der Waals surface area contributed by atoms with Gasteiger partial charge in [-0.3, -0.25) is 0 Å². The van der Waals surface area contributed by atoms with Crippen molar-refractivity contribution in [2.24, 2.45) is 7.05 Å². The van der Waals surface area contributed by atoms with Gasteiger partial charge in [0.1, 0.15) is 5.82 Å². The Hall–Kier alpha value is -2.14. The van der Waals surface area contributed by atoms with Crippen LogP contribution in [0.1, 0.15) is 19.0 Å². The Kier molecular flexibility index (Phi) is 5.21. The van der Waals surface area contributed by atoms with E-state index in [-0.39, 0.29) is 0 Å². The molecule has 4 nitrogen and oxygen atoms in total. The smallest absolute Gasteiger partial charge is 0.154 e. The zero-order valence-corrected chi connectivity index (χ0v) is 14.5. The third-order valence-corrected chi connectivity index (χ3v) is 5.27. The van der Waals surface area contributed by atoms with E-state index in [1.807, 2.05) is 61.1 Å². The van der Waals surface area contributed by atoms with Gasteiger partial charge < -0.3 is 4.57 Å². The van der Waals surface area contributed by atoms with Crippen molar-refractivity contribution in [1.29, 1.82) is 0 Å². The van der Waals surface area contributed by atoms with Gasteiger partial charge in [0.15, 0.2) is 9.84 Å². The molecule has 122 valence electrons. The van der Waals surface area contributed by atoms with Crippen LogP contribution < -0.4 is 0 Å². The topological polar surface area (TPSA) is 52.0 Å². The lowest BCUT2D eigenvalue weighted by molar-refractivity contribution is 0.594. The second-order valence-electron chi connectivity index (χ2n) is 5.65. The molecular formula is C18H22N2O2S. The minimum atomic E-state index is -3.13. The first-order valence-corrected chi connectivity index (χ1v) is 9.35. The molecule has 2 aromatic rings. The zero-order valence-electron chi connectivity index (χ0n) is 13.7. The van der Waals surface area contributed by atoms with Crippen molar-refractivity contribution >= 4 is 15.4 Å². The lowest BCUT2D eigenvalue weighted by Gasteiger charge is -2.07. The minimum Gasteiger partial charge on any atom is -0.333 e. The molecule has 23 heavy (non-hydrogen) atoms. The first-order chi connectivity index (χ1) is 10.8. The molecule has 0 radical (unpaired) electrons. The van der Waals surface area contributed by atoms with Gasteiger partial charge in [-0.2, -0.15) is 0 Å². The molecule has 0 spiro atoms. The first-order valence-electron chi connectivity index (χ1n) is 7.40. The summed E-state index contributed by atoms with van der Waals surface area (Å²) in [6.07, 6.45) is 6.98. The molecule has 0 aliphatic heterocycles. The van der Waals surface area contributed by atoms with E-state index in [9.17, 15) is 8.42 Å². The summed E-state index contributed by atoms with van der Waals surface area (Å²) in [7, 11) is -1.17. The van der Waals surface area contributed by atoms with Crippen molar-refractivity contribution in [2.45, 2.75) is 18.6 Å². The van der Waals surface area contributed by atoms with Crippen molar-refractivity contribution in [3.63, 3.8) is 0 Å². The van der Waals surface area contributed by atoms with E-state index < -0.39 is 15.1 Å². The lowest BCUT2D eigenvalue weighted by Crippen LogP contribution is -2.16. The average molecular weight is 330 g/mol. The third-order valence-electron chi connectivity index (χ3n) is 3.78. The summed E-state index contributed by atoms with van der Waals surface area (Å²) in [5.74, 6) is 0.886. The molecule has 0 bridgehead atoms. The van der Waals surface area contributed by atoms with Gasteiger partial charge in [0.25, 0.3) is 0 Å². The van der Waals surface area contributed by atoms with Crippen LogP contribution in [-0.2, 0) is 16.9 Å². The molecule has 0 saturated carbocycles. The molecule has 1 aromatic carbocycles. The number of allylic oxidation sites excluding steroid dienone is 2. The van der Waals surface area contributed by atoms with Crippen LogP contribution in [0.2, 0.25) is 0 Å². The predicted molar refractivity (Wildman–Crippen MR) is 95.7 cm³/mol. The van der Waals surface area contributed by atoms with E-state index in [2.05, 4.69) is 11.6 Å². The molecule has 1 aromatic heterocycles. The number of rotatable bonds is 6. The highest BCUT2D eigenvalue weighted by Crippen LogP contribution is 2.22. The van der Waals surface area contributed by atoms with Gasteiger partial charge in [0.05, 0.1) is 10.9 Å². The normalized spacial score (nSPS) is 13.8. The predicted octanol–water partition coefficient (Wildman–Crippen LogP) is 3.48. The molecule has 0 saturated heterocycles. The number of aromatic nitrogens is 2. The number of nitrogens with zero attached hydrogens (tertiary/aromatic N) is 2. The van der Waals surface area contributed by atoms with Gasteiger partial charge >= 0.3 is 0 Å². The molecule has 0 N–H and O–H groups in total. The van der Waals surface area contributed by atoms with Crippen LogP contribution in [0.5, 0.6) is 0 Å². The van der Waals surface area contributed by atoms with Crippen LogP contribution in [0.15, 0.2) is 55.3 Å². The molecule has 0 fully saturated rings. The summed E-state index contributed by atoms with van der Waals surface area (Å²) in [5, 5.41) is -0.560. The summed E-state index contributed by atoms with van der Waals surface area (Å²) in [4.78, 5) is 4.67. The average Bonchev–Trinajstić information content (AvgIpc) is 2.89. The van der Waals surface area contributed by atoms with Gasteiger partial charge in [-0.15, -0.1) is 6.58 Å². The summed E-state index contributed by atoms with van der Waals surface area (Å²) >= 11 is 0. The fourth-order valence-corrected chi connectivity index (χ4v) is 3.15. The first kappa shape index (κ1) is 17.2. The molecule has 1 heterocycles. The van der Waals surface area contributed by atoms with Crippen LogP contribution in [0.25, 0.3) is 17.0 Å². The van der Waals surface area contributed by atoms with E-state index in [0.29, 0.717) is 6.42 Å². The Labute approximate surface area is 138 Å². The maximum atomic E-state index is 11.6. The van der Waals surface area contributed by atoms with Crippen molar-refractivity contribution < 1.29 is 8.42 Å². The van der Waals surface area contributed by atoms with E-state index in [1.54, 1.807) is 0 Å². The minimum absolute atomic E-state index is 0.408. The van der Waals surface area contributed by atoms with Crippen LogP contribution in [0, 0.1) is 0 Å².